The number of phenols is 5. The number of carbonyl (C=O) groups excluding carboxylic acids is 4. The first-order valence-corrected chi connectivity index (χ1v) is 14.5. The molecule has 3 aromatic carbocycles. The molecule has 0 spiro atoms. The fourth-order valence-corrected chi connectivity index (χ4v) is 4.63. The van der Waals surface area contributed by atoms with Gasteiger partial charge in [0, 0.05) is 19.9 Å². The standard InChI is InChI=1S/C34H32O15/c1-17(35)46-32-27(16-45-28(41)14-7-19-3-8-21(37)9-4-19)49-34(33(31(32)44)47-18(2)36)48-26-13-10-22(29(42)30(26)43)23(38)11-5-20-6-12-24(39)25(40)15-20/h3-15,27,31-34,37,39-40,42-44H,16H2,1-2H3/b11-5+,14-7+/t27?,31-,32+,33?,34+/m0/s1. The molecule has 49 heavy (non-hydrogen) atoms. The molecule has 258 valence electrons. The van der Waals surface area contributed by atoms with Gasteiger partial charge in [0.1, 0.15) is 24.6 Å². The van der Waals surface area contributed by atoms with Crippen LogP contribution < -0.4 is 4.74 Å². The van der Waals surface area contributed by atoms with Crippen LogP contribution in [0.2, 0.25) is 0 Å². The molecule has 0 bridgehead atoms. The lowest BCUT2D eigenvalue weighted by molar-refractivity contribution is -0.285. The summed E-state index contributed by atoms with van der Waals surface area (Å²) in [6.07, 6.45) is -3.33. The molecule has 1 aliphatic rings. The van der Waals surface area contributed by atoms with Crippen LogP contribution in [-0.4, -0.2) is 91.6 Å². The van der Waals surface area contributed by atoms with Gasteiger partial charge in [-0.15, -0.1) is 0 Å². The monoisotopic (exact) mass is 680 g/mol. The molecule has 15 heteroatoms. The summed E-state index contributed by atoms with van der Waals surface area (Å²) < 4.78 is 27.1. The van der Waals surface area contributed by atoms with Crippen molar-refractivity contribution < 1.29 is 73.5 Å². The van der Waals surface area contributed by atoms with Crippen LogP contribution in [0.5, 0.6) is 34.5 Å². The number of aromatic hydroxyl groups is 5. The highest BCUT2D eigenvalue weighted by molar-refractivity contribution is 6.09. The molecular formula is C34H32O15. The van der Waals surface area contributed by atoms with Gasteiger partial charge < -0.3 is 54.3 Å². The quantitative estimate of drug-likeness (QED) is 0.0561. The van der Waals surface area contributed by atoms with Crippen molar-refractivity contribution in [2.24, 2.45) is 0 Å². The van der Waals surface area contributed by atoms with Crippen molar-refractivity contribution in [2.45, 2.75) is 44.6 Å². The average Bonchev–Trinajstić information content (AvgIpc) is 3.05. The van der Waals surface area contributed by atoms with Crippen LogP contribution in [0.4, 0.5) is 0 Å². The van der Waals surface area contributed by atoms with Crippen LogP contribution >= 0.6 is 0 Å². The Kier molecular flexibility index (Phi) is 11.5. The van der Waals surface area contributed by atoms with Crippen LogP contribution in [-0.2, 0) is 33.3 Å². The lowest BCUT2D eigenvalue weighted by Gasteiger charge is -2.42. The Morgan fingerprint density at radius 1 is 0.755 bits per heavy atom. The van der Waals surface area contributed by atoms with Crippen molar-refractivity contribution in [1.29, 1.82) is 0 Å². The first kappa shape index (κ1) is 35.8. The Balaban J connectivity index is 1.54. The molecule has 2 unspecified atom stereocenters. The average molecular weight is 681 g/mol. The molecular weight excluding hydrogens is 648 g/mol. The van der Waals surface area contributed by atoms with E-state index in [2.05, 4.69) is 0 Å². The van der Waals surface area contributed by atoms with Gasteiger partial charge in [-0.05, 0) is 59.7 Å². The minimum Gasteiger partial charge on any atom is -0.508 e. The molecule has 15 nitrogen and oxygen atoms in total. The van der Waals surface area contributed by atoms with Crippen LogP contribution in [0.25, 0.3) is 12.2 Å². The first-order valence-electron chi connectivity index (χ1n) is 14.5. The van der Waals surface area contributed by atoms with Gasteiger partial charge in [0.15, 0.2) is 41.0 Å². The normalized spacial score (nSPS) is 20.5. The van der Waals surface area contributed by atoms with E-state index < -0.39 is 84.0 Å². The van der Waals surface area contributed by atoms with E-state index in [1.165, 1.54) is 42.5 Å². The van der Waals surface area contributed by atoms with Gasteiger partial charge in [0.25, 0.3) is 0 Å². The first-order chi connectivity index (χ1) is 23.2. The summed E-state index contributed by atoms with van der Waals surface area (Å²) in [5.74, 6) is -6.41. The number of benzene rings is 3. The van der Waals surface area contributed by atoms with E-state index >= 15 is 0 Å². The predicted octanol–water partition coefficient (Wildman–Crippen LogP) is 2.70. The molecule has 0 amide bonds. The van der Waals surface area contributed by atoms with Crippen molar-refractivity contribution in [3.8, 4) is 34.5 Å². The Hall–Kier alpha value is -6.06. The number of carbonyl (C=O) groups is 4. The van der Waals surface area contributed by atoms with Crippen molar-refractivity contribution in [1.82, 2.24) is 0 Å². The molecule has 1 heterocycles. The lowest BCUT2D eigenvalue weighted by atomic mass is 9.98. The molecule has 4 rings (SSSR count). The van der Waals surface area contributed by atoms with E-state index in [-0.39, 0.29) is 17.1 Å². The lowest BCUT2D eigenvalue weighted by Crippen LogP contribution is -2.62. The predicted molar refractivity (Wildman–Crippen MR) is 167 cm³/mol. The number of rotatable bonds is 11. The molecule has 0 aliphatic carbocycles. The summed E-state index contributed by atoms with van der Waals surface area (Å²) in [6.45, 7) is 1.47. The van der Waals surface area contributed by atoms with Gasteiger partial charge in [-0.2, -0.15) is 0 Å². The van der Waals surface area contributed by atoms with Gasteiger partial charge in [-0.25, -0.2) is 4.79 Å². The van der Waals surface area contributed by atoms with Gasteiger partial charge in [0.2, 0.25) is 12.0 Å². The summed E-state index contributed by atoms with van der Waals surface area (Å²) in [4.78, 5) is 49.0. The number of ketones is 1. The highest BCUT2D eigenvalue weighted by atomic mass is 16.7. The fraction of sp³-hybridized carbons (Fsp3) is 0.235. The van der Waals surface area contributed by atoms with Gasteiger partial charge in [-0.3, -0.25) is 14.4 Å². The third kappa shape index (κ3) is 9.27. The number of hydrogen-bond donors (Lipinski definition) is 6. The highest BCUT2D eigenvalue weighted by Gasteiger charge is 2.51. The van der Waals surface area contributed by atoms with Gasteiger partial charge >= 0.3 is 17.9 Å². The molecule has 6 N–H and O–H groups in total. The van der Waals surface area contributed by atoms with Crippen molar-refractivity contribution in [2.75, 3.05) is 6.61 Å². The topological polar surface area (TPSA) is 236 Å². The minimum atomic E-state index is -1.80. The number of phenolic OH excluding ortho intramolecular Hbond substituents is 5. The summed E-state index contributed by atoms with van der Waals surface area (Å²) in [6, 6.07) is 11.9. The summed E-state index contributed by atoms with van der Waals surface area (Å²) in [5.41, 5.74) is 0.557. The minimum absolute atomic E-state index is 0.0303. The zero-order valence-electron chi connectivity index (χ0n) is 26.0. The number of aliphatic hydroxyl groups is 1. The van der Waals surface area contributed by atoms with Crippen molar-refractivity contribution in [3.63, 3.8) is 0 Å². The van der Waals surface area contributed by atoms with Crippen LogP contribution in [0.15, 0.2) is 66.7 Å². The SMILES string of the molecule is CC(=O)OC1[C@H](Oc2ccc(C(=O)/C=C/c3ccc(O)c(O)c3)c(O)c2O)OC(COC(=O)/C=C/c2ccc(O)cc2)[C@@H](OC(C)=O)[C@@H]1O. The molecule has 3 aromatic rings. The molecule has 5 atom stereocenters. The van der Waals surface area contributed by atoms with Crippen molar-refractivity contribution in [3.05, 3.63) is 83.4 Å². The zero-order valence-corrected chi connectivity index (χ0v) is 26.0. The number of ether oxygens (including phenoxy) is 5. The third-order valence-electron chi connectivity index (χ3n) is 6.97. The van der Waals surface area contributed by atoms with E-state index in [1.54, 1.807) is 12.1 Å². The number of aliphatic hydroxyl groups excluding tert-OH is 1. The molecule has 1 aliphatic heterocycles. The molecule has 0 radical (unpaired) electrons. The summed E-state index contributed by atoms with van der Waals surface area (Å²) >= 11 is 0. The second-order valence-corrected chi connectivity index (χ2v) is 10.6. The summed E-state index contributed by atoms with van der Waals surface area (Å²) in [7, 11) is 0. The number of allylic oxidation sites excluding steroid dienone is 1. The second-order valence-electron chi connectivity index (χ2n) is 10.6. The Morgan fingerprint density at radius 2 is 1.39 bits per heavy atom. The number of esters is 3. The van der Waals surface area contributed by atoms with Crippen molar-refractivity contribution >= 4 is 35.8 Å². The summed E-state index contributed by atoms with van der Waals surface area (Å²) in [5, 5.41) is 61.0. The van der Waals surface area contributed by atoms with E-state index in [1.807, 2.05) is 0 Å². The van der Waals surface area contributed by atoms with E-state index in [0.717, 1.165) is 38.1 Å². The Labute approximate surface area is 278 Å². The largest absolute Gasteiger partial charge is 0.508 e. The van der Waals surface area contributed by atoms with Gasteiger partial charge in [0.05, 0.1) is 5.56 Å². The Bertz CT molecular complexity index is 1760. The molecule has 0 saturated carbocycles. The maximum Gasteiger partial charge on any atom is 0.330 e. The molecule has 1 fully saturated rings. The second kappa shape index (κ2) is 15.7. The van der Waals surface area contributed by atoms with Crippen LogP contribution in [0.1, 0.15) is 35.3 Å². The van der Waals surface area contributed by atoms with E-state index in [4.69, 9.17) is 23.7 Å². The maximum atomic E-state index is 12.8. The van der Waals surface area contributed by atoms with Gasteiger partial charge in [-0.1, -0.05) is 24.3 Å². The Morgan fingerprint density at radius 3 is 2.04 bits per heavy atom. The van der Waals surface area contributed by atoms with Crippen LogP contribution in [0.3, 0.4) is 0 Å². The zero-order chi connectivity index (χ0) is 35.8. The third-order valence-corrected chi connectivity index (χ3v) is 6.97. The van der Waals surface area contributed by atoms with E-state index in [9.17, 15) is 49.8 Å². The smallest absolute Gasteiger partial charge is 0.330 e. The molecule has 0 aromatic heterocycles. The van der Waals surface area contributed by atoms with Crippen LogP contribution in [0, 0.1) is 0 Å². The fourth-order valence-electron chi connectivity index (χ4n) is 4.63. The van der Waals surface area contributed by atoms with E-state index in [0.29, 0.717) is 11.1 Å². The highest BCUT2D eigenvalue weighted by Crippen LogP contribution is 2.40. The number of hydrogen-bond acceptors (Lipinski definition) is 15. The molecule has 1 saturated heterocycles. The maximum absolute atomic E-state index is 12.8.